The number of aromatic nitrogens is 1. The number of nitrogens with one attached hydrogen (secondary N) is 2. The minimum atomic E-state index is -0.235. The zero-order valence-electron chi connectivity index (χ0n) is 13.0. The number of hydrogen-bond donors (Lipinski definition) is 3. The van der Waals surface area contributed by atoms with Crippen molar-refractivity contribution in [3.8, 4) is 0 Å². The number of amides is 2. The zero-order chi connectivity index (χ0) is 15.9. The van der Waals surface area contributed by atoms with Gasteiger partial charge in [0.25, 0.3) is 0 Å². The first-order valence-corrected chi connectivity index (χ1v) is 8.83. The molecular formula is C16H23N3O2S. The molecule has 0 radical (unpaired) electrons. The maximum atomic E-state index is 12.1. The molecule has 1 heterocycles. The lowest BCUT2D eigenvalue weighted by Crippen LogP contribution is -2.40. The Kier molecular flexibility index (Phi) is 6.15. The lowest BCUT2D eigenvalue weighted by atomic mass is 10.2. The van der Waals surface area contributed by atoms with Crippen molar-refractivity contribution in [1.82, 2.24) is 9.88 Å². The molecule has 0 bridgehead atoms. The molecule has 2 amide bonds. The fourth-order valence-corrected chi connectivity index (χ4v) is 3.10. The molecule has 1 aromatic heterocycles. The number of benzene rings is 1. The summed E-state index contributed by atoms with van der Waals surface area (Å²) in [6.07, 6.45) is 4.59. The number of aliphatic hydroxyl groups is 1. The highest BCUT2D eigenvalue weighted by atomic mass is 32.2. The van der Waals surface area contributed by atoms with Gasteiger partial charge in [0.05, 0.1) is 5.52 Å². The van der Waals surface area contributed by atoms with Crippen LogP contribution in [0.4, 0.5) is 10.5 Å². The summed E-state index contributed by atoms with van der Waals surface area (Å²) in [4.78, 5) is 12.1. The fourth-order valence-electron chi connectivity index (χ4n) is 2.44. The van der Waals surface area contributed by atoms with E-state index >= 15 is 0 Å². The first-order valence-electron chi connectivity index (χ1n) is 7.44. The number of fused-ring (bicyclic) bond motifs is 1. The second-order valence-electron chi connectivity index (χ2n) is 5.14. The van der Waals surface area contributed by atoms with E-state index in [1.54, 1.807) is 11.8 Å². The summed E-state index contributed by atoms with van der Waals surface area (Å²) in [6, 6.07) is 7.69. The van der Waals surface area contributed by atoms with Crippen molar-refractivity contribution in [2.75, 3.05) is 23.9 Å². The molecular weight excluding hydrogens is 298 g/mol. The molecule has 0 saturated heterocycles. The van der Waals surface area contributed by atoms with Crippen LogP contribution in [0.5, 0.6) is 0 Å². The fraction of sp³-hybridized carbons (Fsp3) is 0.438. The van der Waals surface area contributed by atoms with Crippen LogP contribution >= 0.6 is 11.8 Å². The van der Waals surface area contributed by atoms with Gasteiger partial charge in [-0.3, -0.25) is 0 Å². The van der Waals surface area contributed by atoms with E-state index in [0.29, 0.717) is 6.42 Å². The van der Waals surface area contributed by atoms with Crippen molar-refractivity contribution in [2.24, 2.45) is 0 Å². The number of carbonyl (C=O) groups is 1. The number of carbonyl (C=O) groups excluding carboxylic acids is 1. The molecule has 0 fully saturated rings. The molecule has 0 aliphatic carbocycles. The molecule has 2 aromatic rings. The molecule has 3 N–H and O–H groups in total. The highest BCUT2D eigenvalue weighted by Gasteiger charge is 2.11. The van der Waals surface area contributed by atoms with E-state index in [-0.39, 0.29) is 18.7 Å². The molecule has 2 rings (SSSR count). The van der Waals surface area contributed by atoms with Crippen LogP contribution < -0.4 is 10.6 Å². The van der Waals surface area contributed by atoms with E-state index in [1.165, 1.54) is 0 Å². The Morgan fingerprint density at radius 3 is 2.91 bits per heavy atom. The number of aryl methyl sites for hydroxylation is 1. The normalized spacial score (nSPS) is 12.3. The number of nitrogens with zero attached hydrogens (tertiary/aromatic N) is 1. The van der Waals surface area contributed by atoms with E-state index in [0.717, 1.165) is 28.9 Å². The van der Waals surface area contributed by atoms with E-state index in [1.807, 2.05) is 30.7 Å². The van der Waals surface area contributed by atoms with Crippen LogP contribution in [-0.4, -0.2) is 40.4 Å². The van der Waals surface area contributed by atoms with Gasteiger partial charge in [-0.1, -0.05) is 6.07 Å². The van der Waals surface area contributed by atoms with Crippen LogP contribution in [0.25, 0.3) is 10.9 Å². The molecule has 5 nitrogen and oxygen atoms in total. The summed E-state index contributed by atoms with van der Waals surface area (Å²) < 4.78 is 2.14. The second kappa shape index (κ2) is 8.10. The zero-order valence-corrected chi connectivity index (χ0v) is 13.8. The predicted octanol–water partition coefficient (Wildman–Crippen LogP) is 2.90. The van der Waals surface area contributed by atoms with E-state index in [2.05, 4.69) is 28.2 Å². The largest absolute Gasteiger partial charge is 0.396 e. The van der Waals surface area contributed by atoms with Crippen LogP contribution in [0.1, 0.15) is 13.3 Å². The summed E-state index contributed by atoms with van der Waals surface area (Å²) in [6.45, 7) is 3.06. The van der Waals surface area contributed by atoms with Gasteiger partial charge in [-0.15, -0.1) is 0 Å². The molecule has 22 heavy (non-hydrogen) atoms. The first kappa shape index (κ1) is 16.7. The Morgan fingerprint density at radius 1 is 1.41 bits per heavy atom. The monoisotopic (exact) mass is 321 g/mol. The number of hydrogen-bond acceptors (Lipinski definition) is 3. The van der Waals surface area contributed by atoms with Crippen molar-refractivity contribution in [3.05, 3.63) is 30.5 Å². The van der Waals surface area contributed by atoms with Crippen molar-refractivity contribution in [3.63, 3.8) is 0 Å². The van der Waals surface area contributed by atoms with Gasteiger partial charge in [0.2, 0.25) is 0 Å². The third kappa shape index (κ3) is 4.18. The molecule has 120 valence electrons. The van der Waals surface area contributed by atoms with Gasteiger partial charge in [-0.2, -0.15) is 11.8 Å². The molecule has 0 saturated carbocycles. The van der Waals surface area contributed by atoms with Gasteiger partial charge in [0, 0.05) is 36.8 Å². The lowest BCUT2D eigenvalue weighted by molar-refractivity contribution is 0.241. The minimum absolute atomic E-state index is 0.0248. The van der Waals surface area contributed by atoms with Crippen molar-refractivity contribution >= 4 is 34.4 Å². The van der Waals surface area contributed by atoms with Crippen LogP contribution in [0, 0.1) is 0 Å². The van der Waals surface area contributed by atoms with Crippen LogP contribution in [0.2, 0.25) is 0 Å². The Morgan fingerprint density at radius 2 is 2.23 bits per heavy atom. The molecule has 1 aromatic carbocycles. The number of rotatable bonds is 7. The highest BCUT2D eigenvalue weighted by molar-refractivity contribution is 7.98. The Balaban J connectivity index is 2.04. The quantitative estimate of drug-likeness (QED) is 0.734. The molecule has 1 unspecified atom stereocenters. The minimum Gasteiger partial charge on any atom is -0.396 e. The standard InChI is InChI=1S/C16H23N3O2S/c1-3-19-8-6-12-4-5-13(10-15(12)19)17-16(21)18-14(7-9-20)11-22-2/h4-6,8,10,14,20H,3,7,9,11H2,1-2H3,(H2,17,18,21). The van der Waals surface area contributed by atoms with Gasteiger partial charge in [-0.25, -0.2) is 4.79 Å². The molecule has 0 aliphatic heterocycles. The van der Waals surface area contributed by atoms with Crippen molar-refractivity contribution < 1.29 is 9.90 Å². The number of anilines is 1. The number of thioether (sulfide) groups is 1. The molecule has 1 atom stereocenters. The summed E-state index contributed by atoms with van der Waals surface area (Å²) in [5, 5.41) is 16.0. The van der Waals surface area contributed by atoms with Gasteiger partial charge in [-0.05, 0) is 43.2 Å². The topological polar surface area (TPSA) is 66.3 Å². The van der Waals surface area contributed by atoms with E-state index < -0.39 is 0 Å². The summed E-state index contributed by atoms with van der Waals surface area (Å²) in [5.74, 6) is 0.783. The SMILES string of the molecule is CCn1ccc2ccc(NC(=O)NC(CCO)CSC)cc21. The lowest BCUT2D eigenvalue weighted by Gasteiger charge is -2.17. The van der Waals surface area contributed by atoms with Gasteiger partial charge in [0.1, 0.15) is 0 Å². The molecule has 6 heteroatoms. The highest BCUT2D eigenvalue weighted by Crippen LogP contribution is 2.20. The third-order valence-electron chi connectivity index (χ3n) is 3.55. The Hall–Kier alpha value is -1.66. The van der Waals surface area contributed by atoms with Gasteiger partial charge >= 0.3 is 6.03 Å². The maximum Gasteiger partial charge on any atom is 0.319 e. The number of aliphatic hydroxyl groups excluding tert-OH is 1. The van der Waals surface area contributed by atoms with Gasteiger partial charge in [0.15, 0.2) is 0 Å². The van der Waals surface area contributed by atoms with Crippen LogP contribution in [0.15, 0.2) is 30.5 Å². The molecule has 0 spiro atoms. The van der Waals surface area contributed by atoms with Crippen LogP contribution in [-0.2, 0) is 6.54 Å². The summed E-state index contributed by atoms with van der Waals surface area (Å²) in [5.41, 5.74) is 1.88. The van der Waals surface area contributed by atoms with Crippen LogP contribution in [0.3, 0.4) is 0 Å². The summed E-state index contributed by atoms with van der Waals surface area (Å²) >= 11 is 1.65. The van der Waals surface area contributed by atoms with Gasteiger partial charge < -0.3 is 20.3 Å². The van der Waals surface area contributed by atoms with Crippen molar-refractivity contribution in [2.45, 2.75) is 25.9 Å². The Labute approximate surface area is 135 Å². The van der Waals surface area contributed by atoms with E-state index in [9.17, 15) is 4.79 Å². The van der Waals surface area contributed by atoms with Crippen molar-refractivity contribution in [1.29, 1.82) is 0 Å². The summed E-state index contributed by atoms with van der Waals surface area (Å²) in [7, 11) is 0. The maximum absolute atomic E-state index is 12.1. The number of urea groups is 1. The predicted molar refractivity (Wildman–Crippen MR) is 93.6 cm³/mol. The molecule has 0 aliphatic rings. The smallest absolute Gasteiger partial charge is 0.319 e. The third-order valence-corrected chi connectivity index (χ3v) is 4.29. The second-order valence-corrected chi connectivity index (χ2v) is 6.05. The first-order chi connectivity index (χ1) is 10.7. The average Bonchev–Trinajstić information content (AvgIpc) is 2.90. The van der Waals surface area contributed by atoms with E-state index in [4.69, 9.17) is 5.11 Å². The average molecular weight is 321 g/mol. The Bertz CT molecular complexity index is 621.